The van der Waals surface area contributed by atoms with Crippen LogP contribution in [0.25, 0.3) is 0 Å². The third-order valence-electron chi connectivity index (χ3n) is 2.35. The van der Waals surface area contributed by atoms with Crippen LogP contribution in [-0.4, -0.2) is 4.98 Å². The Morgan fingerprint density at radius 1 is 1.18 bits per heavy atom. The van der Waals surface area contributed by atoms with E-state index in [1.807, 2.05) is 36.4 Å². The highest BCUT2D eigenvalue weighted by atomic mass is 14.9. The minimum Gasteiger partial charge on any atom is -0.399 e. The summed E-state index contributed by atoms with van der Waals surface area (Å²) in [5.41, 5.74) is 8.81. The Morgan fingerprint density at radius 3 is 2.53 bits per heavy atom. The van der Waals surface area contributed by atoms with Crippen LogP contribution in [0.4, 0.5) is 11.4 Å². The predicted molar refractivity (Wildman–Crippen MR) is 67.1 cm³/mol. The molecule has 0 amide bonds. The van der Waals surface area contributed by atoms with E-state index in [4.69, 9.17) is 11.0 Å². The molecule has 1 aromatic carbocycles. The van der Waals surface area contributed by atoms with Gasteiger partial charge in [-0.25, -0.2) is 4.98 Å². The van der Waals surface area contributed by atoms with Gasteiger partial charge in [0.25, 0.3) is 0 Å². The van der Waals surface area contributed by atoms with Crippen molar-refractivity contribution in [3.05, 3.63) is 53.9 Å². The maximum absolute atomic E-state index is 8.62. The third kappa shape index (κ3) is 2.95. The number of nitriles is 1. The molecule has 4 nitrogen and oxygen atoms in total. The number of anilines is 2. The lowest BCUT2D eigenvalue weighted by Gasteiger charge is -2.06. The monoisotopic (exact) mass is 224 g/mol. The van der Waals surface area contributed by atoms with Gasteiger partial charge in [0, 0.05) is 12.2 Å². The fraction of sp³-hybridized carbons (Fsp3) is 0.0769. The first-order valence-corrected chi connectivity index (χ1v) is 5.22. The van der Waals surface area contributed by atoms with Crippen molar-refractivity contribution in [2.24, 2.45) is 0 Å². The maximum Gasteiger partial charge on any atom is 0.140 e. The Bertz CT molecular complexity index is 523. The van der Waals surface area contributed by atoms with Crippen molar-refractivity contribution in [3.8, 4) is 6.07 Å². The lowest BCUT2D eigenvalue weighted by molar-refractivity contribution is 1.13. The summed E-state index contributed by atoms with van der Waals surface area (Å²) in [6.45, 7) is 0.702. The van der Waals surface area contributed by atoms with Crippen LogP contribution in [0.2, 0.25) is 0 Å². The number of nitrogen functional groups attached to an aromatic ring is 1. The van der Waals surface area contributed by atoms with Crippen molar-refractivity contribution in [1.29, 1.82) is 5.26 Å². The normalized spacial score (nSPS) is 9.59. The van der Waals surface area contributed by atoms with Gasteiger partial charge >= 0.3 is 0 Å². The molecule has 0 aliphatic carbocycles. The number of rotatable bonds is 3. The number of aromatic nitrogens is 1. The smallest absolute Gasteiger partial charge is 0.140 e. The summed E-state index contributed by atoms with van der Waals surface area (Å²) in [6, 6.07) is 13.2. The van der Waals surface area contributed by atoms with Crippen molar-refractivity contribution >= 4 is 11.4 Å². The quantitative estimate of drug-likeness (QED) is 0.783. The highest BCUT2D eigenvalue weighted by molar-refractivity contribution is 5.44. The molecule has 2 aromatic rings. The third-order valence-corrected chi connectivity index (χ3v) is 2.35. The lowest BCUT2D eigenvalue weighted by atomic mass is 10.2. The number of pyridine rings is 1. The minimum absolute atomic E-state index is 0.419. The first-order chi connectivity index (χ1) is 8.28. The Hall–Kier alpha value is -2.54. The fourth-order valence-electron chi connectivity index (χ4n) is 1.40. The lowest BCUT2D eigenvalue weighted by Crippen LogP contribution is -2.00. The van der Waals surface area contributed by atoms with E-state index in [0.717, 1.165) is 16.9 Å². The van der Waals surface area contributed by atoms with Crippen molar-refractivity contribution < 1.29 is 0 Å². The van der Waals surface area contributed by atoms with Gasteiger partial charge in [-0.3, -0.25) is 0 Å². The number of nitrogens with zero attached hydrogens (tertiary/aromatic N) is 2. The number of hydrogen-bond acceptors (Lipinski definition) is 4. The summed E-state index contributed by atoms with van der Waals surface area (Å²) in [6.07, 6.45) is 1.65. The van der Waals surface area contributed by atoms with E-state index >= 15 is 0 Å². The highest BCUT2D eigenvalue weighted by Gasteiger charge is 1.95. The van der Waals surface area contributed by atoms with E-state index < -0.39 is 0 Å². The standard InChI is InChI=1S/C13H12N4/c14-7-12-5-6-13(9-17-12)16-8-10-1-3-11(15)4-2-10/h1-6,9,16H,8,15H2. The molecule has 0 saturated heterocycles. The van der Waals surface area contributed by atoms with Gasteiger partial charge < -0.3 is 11.1 Å². The molecule has 0 bridgehead atoms. The van der Waals surface area contributed by atoms with Crippen molar-refractivity contribution in [2.75, 3.05) is 11.1 Å². The first kappa shape index (κ1) is 11.0. The summed E-state index contributed by atoms with van der Waals surface area (Å²) in [5, 5.41) is 11.8. The number of benzene rings is 1. The SMILES string of the molecule is N#Cc1ccc(NCc2ccc(N)cc2)cn1. The molecule has 0 radical (unpaired) electrons. The molecule has 0 saturated carbocycles. The van der Waals surface area contributed by atoms with Gasteiger partial charge in [0.1, 0.15) is 11.8 Å². The summed E-state index contributed by atoms with van der Waals surface area (Å²) in [7, 11) is 0. The van der Waals surface area contributed by atoms with E-state index in [9.17, 15) is 0 Å². The average Bonchev–Trinajstić information content (AvgIpc) is 2.39. The van der Waals surface area contributed by atoms with Crippen LogP contribution in [0.15, 0.2) is 42.6 Å². The van der Waals surface area contributed by atoms with E-state index in [-0.39, 0.29) is 0 Å². The molecule has 1 aromatic heterocycles. The Labute approximate surface area is 99.7 Å². The molecule has 3 N–H and O–H groups in total. The van der Waals surface area contributed by atoms with Crippen LogP contribution in [0.5, 0.6) is 0 Å². The maximum atomic E-state index is 8.62. The molecule has 17 heavy (non-hydrogen) atoms. The van der Waals surface area contributed by atoms with Gasteiger partial charge in [-0.15, -0.1) is 0 Å². The topological polar surface area (TPSA) is 74.7 Å². The molecule has 0 fully saturated rings. The summed E-state index contributed by atoms with van der Waals surface area (Å²) in [4.78, 5) is 3.98. The van der Waals surface area contributed by atoms with Gasteiger partial charge in [0.2, 0.25) is 0 Å². The summed E-state index contributed by atoms with van der Waals surface area (Å²) in [5.74, 6) is 0. The van der Waals surface area contributed by atoms with Crippen LogP contribution < -0.4 is 11.1 Å². The van der Waals surface area contributed by atoms with Crippen LogP contribution in [-0.2, 0) is 6.54 Å². The number of hydrogen-bond donors (Lipinski definition) is 2. The van der Waals surface area contributed by atoms with Gasteiger partial charge in [0.05, 0.1) is 11.9 Å². The van der Waals surface area contributed by atoms with Crippen molar-refractivity contribution in [2.45, 2.75) is 6.54 Å². The van der Waals surface area contributed by atoms with Crippen LogP contribution in [0.3, 0.4) is 0 Å². The van der Waals surface area contributed by atoms with Gasteiger partial charge in [-0.2, -0.15) is 5.26 Å². The molecule has 0 spiro atoms. The highest BCUT2D eigenvalue weighted by Crippen LogP contribution is 2.10. The molecular formula is C13H12N4. The zero-order chi connectivity index (χ0) is 12.1. The van der Waals surface area contributed by atoms with Crippen LogP contribution in [0.1, 0.15) is 11.3 Å². The average molecular weight is 224 g/mol. The van der Waals surface area contributed by atoms with Crippen molar-refractivity contribution in [1.82, 2.24) is 4.98 Å². The molecule has 0 aliphatic rings. The molecule has 4 heteroatoms. The molecule has 1 heterocycles. The second-order valence-electron chi connectivity index (χ2n) is 3.64. The van der Waals surface area contributed by atoms with E-state index in [1.165, 1.54) is 0 Å². The molecular weight excluding hydrogens is 212 g/mol. The molecule has 0 aliphatic heterocycles. The van der Waals surface area contributed by atoms with Crippen LogP contribution >= 0.6 is 0 Å². The largest absolute Gasteiger partial charge is 0.399 e. The Kier molecular flexibility index (Phi) is 3.22. The number of nitrogens with one attached hydrogen (secondary N) is 1. The van der Waals surface area contributed by atoms with E-state index in [1.54, 1.807) is 12.3 Å². The molecule has 0 atom stereocenters. The summed E-state index contributed by atoms with van der Waals surface area (Å²) < 4.78 is 0. The molecule has 84 valence electrons. The predicted octanol–water partition coefficient (Wildman–Crippen LogP) is 2.15. The zero-order valence-electron chi connectivity index (χ0n) is 9.22. The second-order valence-corrected chi connectivity index (χ2v) is 3.64. The fourth-order valence-corrected chi connectivity index (χ4v) is 1.40. The zero-order valence-corrected chi connectivity index (χ0v) is 9.22. The number of nitrogens with two attached hydrogens (primary N) is 1. The Morgan fingerprint density at radius 2 is 1.94 bits per heavy atom. The van der Waals surface area contributed by atoms with Gasteiger partial charge in [0.15, 0.2) is 0 Å². The van der Waals surface area contributed by atoms with Crippen LogP contribution in [0, 0.1) is 11.3 Å². The first-order valence-electron chi connectivity index (χ1n) is 5.22. The van der Waals surface area contributed by atoms with E-state index in [0.29, 0.717) is 12.2 Å². The minimum atomic E-state index is 0.419. The van der Waals surface area contributed by atoms with Gasteiger partial charge in [-0.05, 0) is 29.8 Å². The Balaban J connectivity index is 1.98. The van der Waals surface area contributed by atoms with Gasteiger partial charge in [-0.1, -0.05) is 12.1 Å². The summed E-state index contributed by atoms with van der Waals surface area (Å²) >= 11 is 0. The van der Waals surface area contributed by atoms with Crippen molar-refractivity contribution in [3.63, 3.8) is 0 Å². The second kappa shape index (κ2) is 4.99. The molecule has 2 rings (SSSR count). The molecule has 0 unspecified atom stereocenters. The van der Waals surface area contributed by atoms with E-state index in [2.05, 4.69) is 10.3 Å².